The summed E-state index contributed by atoms with van der Waals surface area (Å²) in [5.74, 6) is 1.58. The number of hydrogen-bond donors (Lipinski definition) is 1. The first kappa shape index (κ1) is 10.2. The van der Waals surface area contributed by atoms with Crippen molar-refractivity contribution < 1.29 is 4.42 Å². The topological polar surface area (TPSA) is 42.4 Å². The van der Waals surface area contributed by atoms with Gasteiger partial charge in [-0.3, -0.25) is 4.90 Å². The molecule has 1 fully saturated rings. The zero-order valence-electron chi connectivity index (χ0n) is 8.24. The number of nitrogens with zero attached hydrogens (tertiary/aromatic N) is 1. The van der Waals surface area contributed by atoms with Crippen LogP contribution in [0.25, 0.3) is 0 Å². The first-order valence-corrected chi connectivity index (χ1v) is 5.66. The highest BCUT2D eigenvalue weighted by molar-refractivity contribution is 9.10. The van der Waals surface area contributed by atoms with Gasteiger partial charge in [0, 0.05) is 19.1 Å². The Labute approximate surface area is 92.4 Å². The quantitative estimate of drug-likeness (QED) is 0.880. The molecule has 0 saturated carbocycles. The predicted molar refractivity (Wildman–Crippen MR) is 58.8 cm³/mol. The predicted octanol–water partition coefficient (Wildman–Crippen LogP) is 1.82. The summed E-state index contributed by atoms with van der Waals surface area (Å²) in [5.41, 5.74) is 5.95. The Morgan fingerprint density at radius 3 is 2.93 bits per heavy atom. The lowest BCUT2D eigenvalue weighted by Crippen LogP contribution is -2.28. The molecule has 1 saturated heterocycles. The lowest BCUT2D eigenvalue weighted by molar-refractivity contribution is 0.287. The molecule has 0 radical (unpaired) electrons. The van der Waals surface area contributed by atoms with Crippen molar-refractivity contribution in [3.63, 3.8) is 0 Å². The van der Waals surface area contributed by atoms with E-state index in [0.717, 1.165) is 29.9 Å². The first-order chi connectivity index (χ1) is 6.66. The molecule has 0 bridgehead atoms. The monoisotopic (exact) mass is 258 g/mol. The molecular weight excluding hydrogens is 244 g/mol. The van der Waals surface area contributed by atoms with Crippen LogP contribution in [-0.2, 0) is 6.54 Å². The molecule has 2 N–H and O–H groups in total. The van der Waals surface area contributed by atoms with Crippen LogP contribution in [-0.4, -0.2) is 24.0 Å². The van der Waals surface area contributed by atoms with Crippen molar-refractivity contribution in [3.05, 3.63) is 22.6 Å². The SMILES string of the molecule is CC1CN(Cc2occc2Br)CC1N. The Kier molecular flexibility index (Phi) is 2.95. The second kappa shape index (κ2) is 4.04. The molecule has 14 heavy (non-hydrogen) atoms. The highest BCUT2D eigenvalue weighted by Crippen LogP contribution is 2.22. The van der Waals surface area contributed by atoms with E-state index in [-0.39, 0.29) is 0 Å². The smallest absolute Gasteiger partial charge is 0.131 e. The first-order valence-electron chi connectivity index (χ1n) is 4.86. The Bertz CT molecular complexity index is 303. The molecule has 0 aliphatic carbocycles. The normalized spacial score (nSPS) is 28.5. The van der Waals surface area contributed by atoms with Crippen LogP contribution in [0.3, 0.4) is 0 Å². The van der Waals surface area contributed by atoms with Crippen LogP contribution in [0, 0.1) is 5.92 Å². The second-order valence-corrected chi connectivity index (χ2v) is 4.88. The molecule has 2 heterocycles. The van der Waals surface area contributed by atoms with Crippen LogP contribution < -0.4 is 5.73 Å². The minimum atomic E-state index is 0.309. The highest BCUT2D eigenvalue weighted by Gasteiger charge is 2.27. The molecule has 0 amide bonds. The fourth-order valence-electron chi connectivity index (χ4n) is 1.87. The zero-order chi connectivity index (χ0) is 10.1. The molecule has 2 atom stereocenters. The second-order valence-electron chi connectivity index (χ2n) is 4.03. The minimum Gasteiger partial charge on any atom is -0.467 e. The van der Waals surface area contributed by atoms with E-state index < -0.39 is 0 Å². The third-order valence-corrected chi connectivity index (χ3v) is 3.51. The molecule has 1 aromatic rings. The standard InChI is InChI=1S/C10H15BrN2O/c1-7-4-13(5-9(7)12)6-10-8(11)2-3-14-10/h2-3,7,9H,4-6,12H2,1H3. The Balaban J connectivity index is 1.97. The third kappa shape index (κ3) is 2.02. The maximum Gasteiger partial charge on any atom is 0.131 e. The lowest BCUT2D eigenvalue weighted by atomic mass is 10.1. The molecule has 78 valence electrons. The molecule has 1 aliphatic rings. The van der Waals surface area contributed by atoms with Crippen molar-refractivity contribution in [2.24, 2.45) is 11.7 Å². The van der Waals surface area contributed by atoms with E-state index in [1.807, 2.05) is 6.07 Å². The number of furan rings is 1. The summed E-state index contributed by atoms with van der Waals surface area (Å²) in [6, 6.07) is 2.23. The van der Waals surface area contributed by atoms with Crippen molar-refractivity contribution in [2.45, 2.75) is 19.5 Å². The Hall–Kier alpha value is -0.320. The number of halogens is 1. The van der Waals surface area contributed by atoms with Gasteiger partial charge in [0.2, 0.25) is 0 Å². The summed E-state index contributed by atoms with van der Waals surface area (Å²) in [6.45, 7) is 5.08. The van der Waals surface area contributed by atoms with E-state index >= 15 is 0 Å². The summed E-state index contributed by atoms with van der Waals surface area (Å²) >= 11 is 3.45. The van der Waals surface area contributed by atoms with Gasteiger partial charge in [-0.05, 0) is 27.9 Å². The fourth-order valence-corrected chi connectivity index (χ4v) is 2.19. The van der Waals surface area contributed by atoms with Crippen LogP contribution in [0.1, 0.15) is 12.7 Å². The molecular formula is C10H15BrN2O. The van der Waals surface area contributed by atoms with Crippen LogP contribution in [0.15, 0.2) is 21.2 Å². The Morgan fingerprint density at radius 2 is 2.43 bits per heavy atom. The number of nitrogens with two attached hydrogens (primary N) is 1. The molecule has 0 aromatic carbocycles. The van der Waals surface area contributed by atoms with Gasteiger partial charge < -0.3 is 10.2 Å². The van der Waals surface area contributed by atoms with Crippen LogP contribution >= 0.6 is 15.9 Å². The molecule has 1 aromatic heterocycles. The van der Waals surface area contributed by atoms with Crippen molar-refractivity contribution in [2.75, 3.05) is 13.1 Å². The highest BCUT2D eigenvalue weighted by atomic mass is 79.9. The van der Waals surface area contributed by atoms with Crippen LogP contribution in [0.5, 0.6) is 0 Å². The molecule has 2 unspecified atom stereocenters. The zero-order valence-corrected chi connectivity index (χ0v) is 9.83. The lowest BCUT2D eigenvalue weighted by Gasteiger charge is -2.13. The molecule has 3 nitrogen and oxygen atoms in total. The fraction of sp³-hybridized carbons (Fsp3) is 0.600. The van der Waals surface area contributed by atoms with Crippen molar-refractivity contribution in [3.8, 4) is 0 Å². The molecule has 1 aliphatic heterocycles. The van der Waals surface area contributed by atoms with Crippen LogP contribution in [0.2, 0.25) is 0 Å². The van der Waals surface area contributed by atoms with Crippen molar-refractivity contribution >= 4 is 15.9 Å². The van der Waals surface area contributed by atoms with E-state index in [4.69, 9.17) is 10.2 Å². The molecule has 0 spiro atoms. The molecule has 4 heteroatoms. The summed E-state index contributed by atoms with van der Waals surface area (Å²) in [6.07, 6.45) is 1.71. The average Bonchev–Trinajstić information content (AvgIpc) is 2.63. The maximum atomic E-state index is 5.95. The van der Waals surface area contributed by atoms with Gasteiger partial charge in [-0.25, -0.2) is 0 Å². The average molecular weight is 259 g/mol. The Morgan fingerprint density at radius 1 is 1.64 bits per heavy atom. The summed E-state index contributed by atoms with van der Waals surface area (Å²) in [7, 11) is 0. The van der Waals surface area contributed by atoms with Gasteiger partial charge in [-0.2, -0.15) is 0 Å². The molecule has 2 rings (SSSR count). The van der Waals surface area contributed by atoms with Crippen molar-refractivity contribution in [1.82, 2.24) is 4.90 Å². The van der Waals surface area contributed by atoms with Crippen LogP contribution in [0.4, 0.5) is 0 Å². The summed E-state index contributed by atoms with van der Waals surface area (Å²) < 4.78 is 6.41. The number of likely N-dealkylation sites (tertiary alicyclic amines) is 1. The van der Waals surface area contributed by atoms with Gasteiger partial charge in [0.25, 0.3) is 0 Å². The number of hydrogen-bond acceptors (Lipinski definition) is 3. The number of rotatable bonds is 2. The van der Waals surface area contributed by atoms with E-state index in [2.05, 4.69) is 27.8 Å². The minimum absolute atomic E-state index is 0.309. The summed E-state index contributed by atoms with van der Waals surface area (Å²) in [5, 5.41) is 0. The van der Waals surface area contributed by atoms with Crippen molar-refractivity contribution in [1.29, 1.82) is 0 Å². The van der Waals surface area contributed by atoms with E-state index in [9.17, 15) is 0 Å². The van der Waals surface area contributed by atoms with Gasteiger partial charge >= 0.3 is 0 Å². The van der Waals surface area contributed by atoms with E-state index in [1.54, 1.807) is 6.26 Å². The van der Waals surface area contributed by atoms with Gasteiger partial charge in [0.05, 0.1) is 17.3 Å². The van der Waals surface area contributed by atoms with E-state index in [0.29, 0.717) is 12.0 Å². The maximum absolute atomic E-state index is 5.95. The van der Waals surface area contributed by atoms with Gasteiger partial charge in [-0.1, -0.05) is 6.92 Å². The summed E-state index contributed by atoms with van der Waals surface area (Å²) in [4.78, 5) is 2.33. The van der Waals surface area contributed by atoms with Gasteiger partial charge in [-0.15, -0.1) is 0 Å². The van der Waals surface area contributed by atoms with Gasteiger partial charge in [0.1, 0.15) is 5.76 Å². The van der Waals surface area contributed by atoms with Gasteiger partial charge in [0.15, 0.2) is 0 Å². The largest absolute Gasteiger partial charge is 0.467 e. The van der Waals surface area contributed by atoms with E-state index in [1.165, 1.54) is 0 Å². The third-order valence-electron chi connectivity index (χ3n) is 2.80.